The third-order valence-electron chi connectivity index (χ3n) is 5.29. The van der Waals surface area contributed by atoms with Gasteiger partial charge in [-0.3, -0.25) is 4.79 Å². The van der Waals surface area contributed by atoms with Crippen LogP contribution in [0.25, 0.3) is 0 Å². The third kappa shape index (κ3) is 3.96. The first-order chi connectivity index (χ1) is 14.0. The van der Waals surface area contributed by atoms with Crippen molar-refractivity contribution in [2.75, 3.05) is 19.0 Å². The summed E-state index contributed by atoms with van der Waals surface area (Å²) in [5.41, 5.74) is 1.78. The topological polar surface area (TPSA) is 85.4 Å². The number of carbonyl (C=O) groups is 1. The number of nitrogens with one attached hydrogen (secondary N) is 1. The molecule has 1 N–H and O–H groups in total. The average Bonchev–Trinajstić information content (AvgIpc) is 3.33. The second kappa shape index (κ2) is 7.98. The Kier molecular flexibility index (Phi) is 5.24. The Hall–Kier alpha value is -3.29. The van der Waals surface area contributed by atoms with Gasteiger partial charge in [0.25, 0.3) is 0 Å². The van der Waals surface area contributed by atoms with Crippen LogP contribution in [-0.2, 0) is 24.3 Å². The first-order valence-corrected chi connectivity index (χ1v) is 9.70. The monoisotopic (exact) mass is 395 g/mol. The van der Waals surface area contributed by atoms with Gasteiger partial charge in [-0.25, -0.2) is 4.98 Å². The predicted molar refractivity (Wildman–Crippen MR) is 108 cm³/mol. The molecule has 1 atom stereocenters. The first kappa shape index (κ1) is 19.0. The molecule has 0 fully saturated rings. The number of benzene rings is 1. The van der Waals surface area contributed by atoms with Crippen LogP contribution in [0.2, 0.25) is 0 Å². The number of aryl methyl sites for hydroxylation is 1. The molecule has 1 amide bonds. The standard InChI is InChI=1S/C21H25N5O3/c1-14(12-25-10-8-22-15(25)2)21(27)26-9-7-19-18(13-26)20(24-29-19)23-16-5-4-6-17(11-16)28-3/h4-6,8,10-11,14H,7,9,12-13H2,1-3H3,(H,23,24)/t14-/m1/s1. The van der Waals surface area contributed by atoms with E-state index < -0.39 is 0 Å². The summed E-state index contributed by atoms with van der Waals surface area (Å²) in [6.45, 7) is 5.63. The summed E-state index contributed by atoms with van der Waals surface area (Å²) in [4.78, 5) is 19.1. The van der Waals surface area contributed by atoms with E-state index in [9.17, 15) is 4.79 Å². The molecule has 29 heavy (non-hydrogen) atoms. The van der Waals surface area contributed by atoms with E-state index in [0.29, 0.717) is 31.9 Å². The van der Waals surface area contributed by atoms with Gasteiger partial charge in [0, 0.05) is 43.7 Å². The summed E-state index contributed by atoms with van der Waals surface area (Å²) in [6.07, 6.45) is 4.32. The van der Waals surface area contributed by atoms with E-state index in [1.807, 2.05) is 53.8 Å². The Bertz CT molecular complexity index is 1010. The quantitative estimate of drug-likeness (QED) is 0.690. The Labute approximate surface area is 169 Å². The van der Waals surface area contributed by atoms with E-state index in [1.54, 1.807) is 13.3 Å². The van der Waals surface area contributed by atoms with Crippen LogP contribution < -0.4 is 10.1 Å². The van der Waals surface area contributed by atoms with E-state index in [1.165, 1.54) is 0 Å². The second-order valence-electron chi connectivity index (χ2n) is 7.33. The van der Waals surface area contributed by atoms with Crippen molar-refractivity contribution in [2.45, 2.75) is 33.4 Å². The van der Waals surface area contributed by atoms with Gasteiger partial charge in [0.1, 0.15) is 17.3 Å². The number of anilines is 2. The van der Waals surface area contributed by atoms with Gasteiger partial charge in [0.15, 0.2) is 5.82 Å². The van der Waals surface area contributed by atoms with Crippen LogP contribution in [0.1, 0.15) is 24.1 Å². The highest BCUT2D eigenvalue weighted by molar-refractivity contribution is 5.79. The normalized spacial score (nSPS) is 14.4. The number of hydrogen-bond donors (Lipinski definition) is 1. The molecule has 8 nitrogen and oxygen atoms in total. The van der Waals surface area contributed by atoms with Gasteiger partial charge in [-0.1, -0.05) is 18.1 Å². The lowest BCUT2D eigenvalue weighted by Crippen LogP contribution is -2.40. The summed E-state index contributed by atoms with van der Waals surface area (Å²) in [5.74, 6) is 3.12. The van der Waals surface area contributed by atoms with Gasteiger partial charge in [-0.05, 0) is 19.1 Å². The molecule has 1 aliphatic heterocycles. The van der Waals surface area contributed by atoms with Gasteiger partial charge in [0.05, 0.1) is 25.1 Å². The fourth-order valence-corrected chi connectivity index (χ4v) is 3.61. The molecule has 1 aliphatic rings. The lowest BCUT2D eigenvalue weighted by molar-refractivity contribution is -0.136. The molecule has 0 bridgehead atoms. The lowest BCUT2D eigenvalue weighted by atomic mass is 10.0. The van der Waals surface area contributed by atoms with E-state index >= 15 is 0 Å². The largest absolute Gasteiger partial charge is 0.497 e. The fraction of sp³-hybridized carbons (Fsp3) is 0.381. The molecular weight excluding hydrogens is 370 g/mol. The number of nitrogens with zero attached hydrogens (tertiary/aromatic N) is 4. The minimum atomic E-state index is -0.140. The molecule has 8 heteroatoms. The highest BCUT2D eigenvalue weighted by Crippen LogP contribution is 2.30. The van der Waals surface area contributed by atoms with Crippen LogP contribution in [0.3, 0.4) is 0 Å². The van der Waals surface area contributed by atoms with Crippen molar-refractivity contribution >= 4 is 17.4 Å². The fourth-order valence-electron chi connectivity index (χ4n) is 3.61. The average molecular weight is 395 g/mol. The van der Waals surface area contributed by atoms with Crippen molar-refractivity contribution in [3.63, 3.8) is 0 Å². The number of hydrogen-bond acceptors (Lipinski definition) is 6. The maximum absolute atomic E-state index is 13.0. The Morgan fingerprint density at radius 2 is 2.28 bits per heavy atom. The van der Waals surface area contributed by atoms with E-state index in [2.05, 4.69) is 15.5 Å². The zero-order chi connectivity index (χ0) is 20.4. The Balaban J connectivity index is 1.47. The number of amides is 1. The van der Waals surface area contributed by atoms with Crippen molar-refractivity contribution in [1.82, 2.24) is 19.6 Å². The number of imidazole rings is 1. The van der Waals surface area contributed by atoms with Crippen LogP contribution in [0, 0.1) is 12.8 Å². The summed E-state index contributed by atoms with van der Waals surface area (Å²) in [6, 6.07) is 7.61. The van der Waals surface area contributed by atoms with Gasteiger partial charge >= 0.3 is 0 Å². The second-order valence-corrected chi connectivity index (χ2v) is 7.33. The van der Waals surface area contributed by atoms with Gasteiger partial charge < -0.3 is 24.0 Å². The van der Waals surface area contributed by atoms with Crippen LogP contribution in [-0.4, -0.2) is 39.2 Å². The maximum atomic E-state index is 13.0. The van der Waals surface area contributed by atoms with Crippen molar-refractivity contribution in [2.24, 2.45) is 5.92 Å². The third-order valence-corrected chi connectivity index (χ3v) is 5.29. The Morgan fingerprint density at radius 3 is 3.03 bits per heavy atom. The molecule has 0 saturated carbocycles. The number of ether oxygens (including phenoxy) is 1. The summed E-state index contributed by atoms with van der Waals surface area (Å²) in [5, 5.41) is 7.47. The molecule has 1 aromatic carbocycles. The molecule has 0 saturated heterocycles. The molecule has 2 aromatic heterocycles. The van der Waals surface area contributed by atoms with Crippen LogP contribution in [0.4, 0.5) is 11.5 Å². The predicted octanol–water partition coefficient (Wildman–Crippen LogP) is 3.15. The zero-order valence-electron chi connectivity index (χ0n) is 16.9. The van der Waals surface area contributed by atoms with Gasteiger partial charge in [-0.15, -0.1) is 0 Å². The van der Waals surface area contributed by atoms with E-state index in [-0.39, 0.29) is 11.8 Å². The smallest absolute Gasteiger partial charge is 0.227 e. The number of aromatic nitrogens is 3. The van der Waals surface area contributed by atoms with Crippen molar-refractivity contribution < 1.29 is 14.1 Å². The SMILES string of the molecule is COc1cccc(Nc2noc3c2CN(C(=O)[C@H](C)Cn2ccnc2C)CC3)c1. The minimum absolute atomic E-state index is 0.122. The molecular formula is C21H25N5O3. The van der Waals surface area contributed by atoms with Crippen LogP contribution >= 0.6 is 0 Å². The van der Waals surface area contributed by atoms with Crippen LogP contribution in [0.15, 0.2) is 41.2 Å². The maximum Gasteiger partial charge on any atom is 0.227 e. The van der Waals surface area contributed by atoms with E-state index in [4.69, 9.17) is 9.26 Å². The van der Waals surface area contributed by atoms with Gasteiger partial charge in [-0.2, -0.15) is 0 Å². The molecule has 0 aliphatic carbocycles. The zero-order valence-corrected chi connectivity index (χ0v) is 16.9. The summed E-state index contributed by atoms with van der Waals surface area (Å²) >= 11 is 0. The van der Waals surface area contributed by atoms with Gasteiger partial charge in [0.2, 0.25) is 5.91 Å². The minimum Gasteiger partial charge on any atom is -0.497 e. The number of rotatable bonds is 6. The molecule has 3 heterocycles. The molecule has 0 radical (unpaired) electrons. The van der Waals surface area contributed by atoms with Crippen molar-refractivity contribution in [3.8, 4) is 5.75 Å². The van der Waals surface area contributed by atoms with Crippen molar-refractivity contribution in [1.29, 1.82) is 0 Å². The number of fused-ring (bicyclic) bond motifs is 1. The first-order valence-electron chi connectivity index (χ1n) is 9.70. The molecule has 3 aromatic rings. The van der Waals surface area contributed by atoms with E-state index in [0.717, 1.165) is 28.6 Å². The van der Waals surface area contributed by atoms with Crippen molar-refractivity contribution in [3.05, 3.63) is 53.8 Å². The highest BCUT2D eigenvalue weighted by atomic mass is 16.5. The summed E-state index contributed by atoms with van der Waals surface area (Å²) in [7, 11) is 1.63. The Morgan fingerprint density at radius 1 is 1.41 bits per heavy atom. The van der Waals surface area contributed by atoms with Crippen LogP contribution in [0.5, 0.6) is 5.75 Å². The highest BCUT2D eigenvalue weighted by Gasteiger charge is 2.29. The number of methoxy groups -OCH3 is 1. The number of carbonyl (C=O) groups excluding carboxylic acids is 1. The molecule has 152 valence electrons. The molecule has 0 unspecified atom stereocenters. The molecule has 0 spiro atoms. The lowest BCUT2D eigenvalue weighted by Gasteiger charge is -2.29. The molecule has 4 rings (SSSR count). The summed E-state index contributed by atoms with van der Waals surface area (Å²) < 4.78 is 12.8.